The average molecular weight is 293 g/mol. The van der Waals surface area contributed by atoms with Gasteiger partial charge in [-0.1, -0.05) is 24.4 Å². The van der Waals surface area contributed by atoms with Gasteiger partial charge in [0.1, 0.15) is 11.0 Å². The van der Waals surface area contributed by atoms with E-state index in [-0.39, 0.29) is 11.9 Å². The number of nitrogens with zero attached hydrogens (tertiary/aromatic N) is 1. The van der Waals surface area contributed by atoms with Gasteiger partial charge in [-0.05, 0) is 39.3 Å². The second-order valence-electron chi connectivity index (χ2n) is 4.74. The zero-order valence-corrected chi connectivity index (χ0v) is 13.4. The Labute approximate surface area is 126 Å². The van der Waals surface area contributed by atoms with Crippen molar-refractivity contribution in [3.8, 4) is 0 Å². The molecule has 0 aromatic heterocycles. The van der Waals surface area contributed by atoms with Crippen LogP contribution in [0.25, 0.3) is 0 Å². The number of hydrogen-bond donors (Lipinski definition) is 2. The molecule has 0 radical (unpaired) electrons. The van der Waals surface area contributed by atoms with Crippen LogP contribution in [-0.2, 0) is 4.79 Å². The van der Waals surface area contributed by atoms with Gasteiger partial charge in [0, 0.05) is 24.3 Å². The summed E-state index contributed by atoms with van der Waals surface area (Å²) in [5.74, 6) is 0.0761. The number of anilines is 1. The number of para-hydroxylation sites is 1. The minimum absolute atomic E-state index is 0.0761. The van der Waals surface area contributed by atoms with Crippen molar-refractivity contribution in [3.05, 3.63) is 29.3 Å². The molecular formula is C15H23N3OS. The third kappa shape index (κ3) is 3.70. The van der Waals surface area contributed by atoms with Gasteiger partial charge in [0.25, 0.3) is 0 Å². The molecule has 0 heterocycles. The Bertz CT molecular complexity index is 498. The van der Waals surface area contributed by atoms with Crippen molar-refractivity contribution in [1.82, 2.24) is 4.90 Å². The number of hydrogen-bond acceptors (Lipinski definition) is 3. The minimum Gasteiger partial charge on any atom is -0.389 e. The molecule has 3 N–H and O–H groups in total. The molecule has 1 atom stereocenters. The predicted octanol–water partition coefficient (Wildman–Crippen LogP) is 2.30. The Morgan fingerprint density at radius 3 is 2.50 bits per heavy atom. The smallest absolute Gasteiger partial charge is 0.244 e. The fourth-order valence-corrected chi connectivity index (χ4v) is 2.32. The molecule has 4 nitrogen and oxygen atoms in total. The van der Waals surface area contributed by atoms with Crippen LogP contribution in [0.4, 0.5) is 5.69 Å². The molecular weight excluding hydrogens is 270 g/mol. The topological polar surface area (TPSA) is 58.4 Å². The fourth-order valence-electron chi connectivity index (χ4n) is 2.15. The highest BCUT2D eigenvalue weighted by molar-refractivity contribution is 7.80. The van der Waals surface area contributed by atoms with Gasteiger partial charge in [0.2, 0.25) is 5.91 Å². The number of likely N-dealkylation sites (N-methyl/N-ethyl adjacent to an activating group) is 1. The van der Waals surface area contributed by atoms with Gasteiger partial charge in [-0.25, -0.2) is 0 Å². The van der Waals surface area contributed by atoms with Crippen LogP contribution < -0.4 is 11.1 Å². The maximum atomic E-state index is 12.3. The molecule has 0 aliphatic heterocycles. The number of amides is 1. The molecule has 1 rings (SSSR count). The quantitative estimate of drug-likeness (QED) is 0.790. The Hall–Kier alpha value is -1.62. The van der Waals surface area contributed by atoms with Crippen molar-refractivity contribution in [2.75, 3.05) is 18.4 Å². The van der Waals surface area contributed by atoms with Crippen LogP contribution in [0, 0.1) is 6.92 Å². The number of aryl methyl sites for hydroxylation is 1. The first kappa shape index (κ1) is 16.4. The van der Waals surface area contributed by atoms with E-state index in [0.29, 0.717) is 18.1 Å². The van der Waals surface area contributed by atoms with E-state index in [4.69, 9.17) is 18.0 Å². The van der Waals surface area contributed by atoms with Crippen LogP contribution in [0.5, 0.6) is 0 Å². The Kier molecular flexibility index (Phi) is 5.95. The number of carbonyl (C=O) groups excluding carboxylic acids is 1. The summed E-state index contributed by atoms with van der Waals surface area (Å²) in [4.78, 5) is 14.4. The molecule has 1 aromatic rings. The second-order valence-corrected chi connectivity index (χ2v) is 5.18. The molecule has 5 heteroatoms. The van der Waals surface area contributed by atoms with Gasteiger partial charge in [-0.15, -0.1) is 0 Å². The van der Waals surface area contributed by atoms with E-state index < -0.39 is 0 Å². The second kappa shape index (κ2) is 7.24. The number of benzene rings is 1. The summed E-state index contributed by atoms with van der Waals surface area (Å²) in [7, 11) is 0. The third-order valence-electron chi connectivity index (χ3n) is 3.34. The van der Waals surface area contributed by atoms with Crippen molar-refractivity contribution in [2.45, 2.75) is 33.7 Å². The lowest BCUT2D eigenvalue weighted by Crippen LogP contribution is -2.41. The van der Waals surface area contributed by atoms with E-state index in [2.05, 4.69) is 5.32 Å². The van der Waals surface area contributed by atoms with Crippen molar-refractivity contribution >= 4 is 28.8 Å². The van der Waals surface area contributed by atoms with E-state index >= 15 is 0 Å². The first-order chi connectivity index (χ1) is 9.42. The van der Waals surface area contributed by atoms with Crippen LogP contribution in [0.1, 0.15) is 31.9 Å². The summed E-state index contributed by atoms with van der Waals surface area (Å²) in [5, 5.41) is 3.25. The van der Waals surface area contributed by atoms with E-state index in [1.807, 2.05) is 45.9 Å². The normalized spacial score (nSPS) is 11.8. The van der Waals surface area contributed by atoms with Crippen molar-refractivity contribution in [3.63, 3.8) is 0 Å². The minimum atomic E-state index is -0.316. The number of rotatable bonds is 6. The molecule has 110 valence electrons. The Morgan fingerprint density at radius 1 is 1.40 bits per heavy atom. The average Bonchev–Trinajstić information content (AvgIpc) is 2.41. The molecule has 0 aliphatic rings. The fraction of sp³-hybridized carbons (Fsp3) is 0.467. The first-order valence-corrected chi connectivity index (χ1v) is 7.27. The maximum absolute atomic E-state index is 12.3. The van der Waals surface area contributed by atoms with Gasteiger partial charge < -0.3 is 16.0 Å². The summed E-state index contributed by atoms with van der Waals surface area (Å²) in [6.07, 6.45) is 0. The van der Waals surface area contributed by atoms with Gasteiger partial charge in [0.15, 0.2) is 0 Å². The summed E-state index contributed by atoms with van der Waals surface area (Å²) in [6, 6.07) is 5.43. The number of carbonyl (C=O) groups is 1. The van der Waals surface area contributed by atoms with Gasteiger partial charge in [-0.2, -0.15) is 0 Å². The molecule has 0 saturated carbocycles. The Morgan fingerprint density at radius 2 is 2.00 bits per heavy atom. The molecule has 0 aliphatic carbocycles. The van der Waals surface area contributed by atoms with Crippen LogP contribution in [0.15, 0.2) is 18.2 Å². The molecule has 0 fully saturated rings. The number of thiocarbonyl (C=S) groups is 1. The Balaban J connectivity index is 2.98. The van der Waals surface area contributed by atoms with Crippen LogP contribution >= 0.6 is 12.2 Å². The van der Waals surface area contributed by atoms with Crippen LogP contribution in [0.2, 0.25) is 0 Å². The van der Waals surface area contributed by atoms with E-state index in [9.17, 15) is 4.79 Å². The summed E-state index contributed by atoms with van der Waals surface area (Å²) >= 11 is 5.07. The van der Waals surface area contributed by atoms with Crippen LogP contribution in [-0.4, -0.2) is 34.9 Å². The molecule has 0 saturated heterocycles. The lowest BCUT2D eigenvalue weighted by atomic mass is 10.1. The van der Waals surface area contributed by atoms with Crippen molar-refractivity contribution in [2.24, 2.45) is 5.73 Å². The number of nitrogens with two attached hydrogens (primary N) is 1. The van der Waals surface area contributed by atoms with Crippen LogP contribution in [0.3, 0.4) is 0 Å². The third-order valence-corrected chi connectivity index (χ3v) is 3.56. The molecule has 20 heavy (non-hydrogen) atoms. The van der Waals surface area contributed by atoms with E-state index in [1.54, 1.807) is 4.90 Å². The first-order valence-electron chi connectivity index (χ1n) is 6.87. The predicted molar refractivity (Wildman–Crippen MR) is 88.1 cm³/mol. The van der Waals surface area contributed by atoms with Crippen molar-refractivity contribution < 1.29 is 4.79 Å². The van der Waals surface area contributed by atoms with Crippen molar-refractivity contribution in [1.29, 1.82) is 0 Å². The molecule has 0 spiro atoms. The van der Waals surface area contributed by atoms with E-state index in [1.165, 1.54) is 0 Å². The number of nitrogens with one attached hydrogen (secondary N) is 1. The lowest BCUT2D eigenvalue weighted by Gasteiger charge is -2.25. The van der Waals surface area contributed by atoms with Gasteiger partial charge in [0.05, 0.1) is 0 Å². The van der Waals surface area contributed by atoms with E-state index in [0.717, 1.165) is 16.8 Å². The highest BCUT2D eigenvalue weighted by Crippen LogP contribution is 2.21. The largest absolute Gasteiger partial charge is 0.389 e. The summed E-state index contributed by atoms with van der Waals surface area (Å²) < 4.78 is 0. The van der Waals surface area contributed by atoms with Gasteiger partial charge >= 0.3 is 0 Å². The molecule has 1 aromatic carbocycles. The highest BCUT2D eigenvalue weighted by Gasteiger charge is 2.20. The molecule has 1 unspecified atom stereocenters. The lowest BCUT2D eigenvalue weighted by molar-refractivity contribution is -0.131. The standard InChI is InChI=1S/C15H23N3OS/c1-5-18(6-2)15(19)11(4)17-13-10(3)8-7-9-12(13)14(16)20/h7-9,11,17H,5-6H2,1-4H3,(H2,16,20). The molecule has 0 bridgehead atoms. The SMILES string of the molecule is CCN(CC)C(=O)C(C)Nc1c(C)cccc1C(N)=S. The monoisotopic (exact) mass is 293 g/mol. The summed E-state index contributed by atoms with van der Waals surface area (Å²) in [5.41, 5.74) is 8.38. The maximum Gasteiger partial charge on any atom is 0.244 e. The zero-order valence-electron chi connectivity index (χ0n) is 12.6. The zero-order chi connectivity index (χ0) is 15.3. The molecule has 1 amide bonds. The highest BCUT2D eigenvalue weighted by atomic mass is 32.1. The van der Waals surface area contributed by atoms with Gasteiger partial charge in [-0.3, -0.25) is 4.79 Å². The summed E-state index contributed by atoms with van der Waals surface area (Å²) in [6.45, 7) is 9.19.